The van der Waals surface area contributed by atoms with E-state index in [1.54, 1.807) is 72.8 Å². The van der Waals surface area contributed by atoms with Gasteiger partial charge in [-0.25, -0.2) is 4.98 Å². The lowest BCUT2D eigenvalue weighted by molar-refractivity contribution is -0.114. The maximum absolute atomic E-state index is 13.5. The molecule has 0 saturated heterocycles. The van der Waals surface area contributed by atoms with Crippen LogP contribution < -0.4 is 30.2 Å². The summed E-state index contributed by atoms with van der Waals surface area (Å²) in [5.41, 5.74) is 2.30. The molecule has 0 atom stereocenters. The third-order valence-corrected chi connectivity index (χ3v) is 8.55. The van der Waals surface area contributed by atoms with Gasteiger partial charge in [0.15, 0.2) is 16.6 Å². The fraction of sp³-hybridized carbons (Fsp3) is 0.143. The number of nitrogens with zero attached hydrogens (tertiary/aromatic N) is 1. The van der Waals surface area contributed by atoms with E-state index in [-0.39, 0.29) is 17.4 Å². The number of thiazole rings is 1. The van der Waals surface area contributed by atoms with Crippen LogP contribution in [0.1, 0.15) is 22.8 Å². The fourth-order valence-corrected chi connectivity index (χ4v) is 6.10. The van der Waals surface area contributed by atoms with Gasteiger partial charge in [0.25, 0.3) is 11.8 Å². The predicted molar refractivity (Wildman–Crippen MR) is 187 cm³/mol. The van der Waals surface area contributed by atoms with Crippen molar-refractivity contribution in [2.45, 2.75) is 11.8 Å². The highest BCUT2D eigenvalue weighted by molar-refractivity contribution is 8.00. The zero-order valence-corrected chi connectivity index (χ0v) is 27.5. The predicted octanol–water partition coefficient (Wildman–Crippen LogP) is 6.85. The van der Waals surface area contributed by atoms with Crippen molar-refractivity contribution < 1.29 is 28.6 Å². The lowest BCUT2D eigenvalue weighted by atomic mass is 10.1. The van der Waals surface area contributed by atoms with Crippen LogP contribution in [-0.2, 0) is 9.59 Å². The maximum atomic E-state index is 13.5. The second-order valence-electron chi connectivity index (χ2n) is 9.89. The smallest absolute Gasteiger partial charge is 0.272 e. The standard InChI is InChI=1S/C35H32N4O6S2/c1-4-45-25-14-15-27-31(20-25)47-35(38-27)39-32(40)21-46-26-12-8-11-24(19-26)36-34(42)28(37-33(41)23-9-6-5-7-10-23)17-22-13-16-29(43-2)30(18-22)44-3/h5-20H,4,21H2,1-3H3,(H,36,42)(H,37,41)(H,38,39,40)/b28-17+. The van der Waals surface area contributed by atoms with Gasteiger partial charge in [-0.05, 0) is 79.2 Å². The number of rotatable bonds is 13. The molecule has 0 aliphatic carbocycles. The summed E-state index contributed by atoms with van der Waals surface area (Å²) < 4.78 is 17.2. The van der Waals surface area contributed by atoms with Gasteiger partial charge >= 0.3 is 0 Å². The van der Waals surface area contributed by atoms with Crippen molar-refractivity contribution in [3.8, 4) is 17.2 Å². The molecule has 3 N–H and O–H groups in total. The van der Waals surface area contributed by atoms with Crippen molar-refractivity contribution in [3.05, 3.63) is 108 Å². The maximum Gasteiger partial charge on any atom is 0.272 e. The first-order valence-electron chi connectivity index (χ1n) is 14.5. The van der Waals surface area contributed by atoms with Crippen molar-refractivity contribution in [1.82, 2.24) is 10.3 Å². The van der Waals surface area contributed by atoms with Gasteiger partial charge in [-0.3, -0.25) is 14.4 Å². The SMILES string of the molecule is CCOc1ccc2nc(NC(=O)CSc3cccc(NC(=O)/C(=C\c4ccc(OC)c(OC)c4)NC(=O)c4ccccc4)c3)sc2c1. The summed E-state index contributed by atoms with van der Waals surface area (Å²) in [5, 5.41) is 8.95. The number of carbonyl (C=O) groups is 3. The van der Waals surface area contributed by atoms with Crippen LogP contribution in [-0.4, -0.2) is 49.3 Å². The third kappa shape index (κ3) is 8.90. The summed E-state index contributed by atoms with van der Waals surface area (Å²) >= 11 is 2.69. The summed E-state index contributed by atoms with van der Waals surface area (Å²) in [5.74, 6) is 0.711. The van der Waals surface area contributed by atoms with E-state index in [1.807, 2.05) is 31.2 Å². The van der Waals surface area contributed by atoms with Crippen LogP contribution in [0, 0.1) is 0 Å². The number of benzene rings is 4. The van der Waals surface area contributed by atoms with E-state index in [1.165, 1.54) is 37.3 Å². The molecule has 0 spiro atoms. The third-order valence-electron chi connectivity index (χ3n) is 6.63. The lowest BCUT2D eigenvalue weighted by Gasteiger charge is -2.13. The average molecular weight is 669 g/mol. The molecule has 1 aromatic heterocycles. The highest BCUT2D eigenvalue weighted by Crippen LogP contribution is 2.31. The molecule has 240 valence electrons. The van der Waals surface area contributed by atoms with Crippen molar-refractivity contribution in [3.63, 3.8) is 0 Å². The Balaban J connectivity index is 1.26. The number of fused-ring (bicyclic) bond motifs is 1. The van der Waals surface area contributed by atoms with E-state index in [0.717, 1.165) is 20.9 Å². The number of nitrogens with one attached hydrogen (secondary N) is 3. The molecule has 0 fully saturated rings. The molecular formula is C35H32N4O6S2. The van der Waals surface area contributed by atoms with Crippen molar-refractivity contribution in [1.29, 1.82) is 0 Å². The second kappa shape index (κ2) is 15.8. The molecule has 4 aromatic carbocycles. The Morgan fingerprint density at radius 2 is 1.68 bits per heavy atom. The normalized spacial score (nSPS) is 11.1. The fourth-order valence-electron chi connectivity index (χ4n) is 4.43. The molecule has 10 nitrogen and oxygen atoms in total. The van der Waals surface area contributed by atoms with Gasteiger partial charge in [0.2, 0.25) is 5.91 Å². The molecule has 0 bridgehead atoms. The van der Waals surface area contributed by atoms with Crippen LogP contribution in [0.3, 0.4) is 0 Å². The van der Waals surface area contributed by atoms with E-state index in [4.69, 9.17) is 14.2 Å². The summed E-state index contributed by atoms with van der Waals surface area (Å²) in [6.45, 7) is 2.49. The van der Waals surface area contributed by atoms with Gasteiger partial charge in [0.1, 0.15) is 11.4 Å². The molecule has 1 heterocycles. The first kappa shape index (κ1) is 33.0. The molecule has 5 aromatic rings. The summed E-state index contributed by atoms with van der Waals surface area (Å²) in [6, 6.07) is 26.5. The van der Waals surface area contributed by atoms with Gasteiger partial charge in [0, 0.05) is 16.1 Å². The van der Waals surface area contributed by atoms with E-state index in [9.17, 15) is 14.4 Å². The molecular weight excluding hydrogens is 637 g/mol. The Hall–Kier alpha value is -5.33. The number of ether oxygens (including phenoxy) is 3. The molecule has 0 aliphatic heterocycles. The molecule has 3 amide bonds. The Labute approximate surface area is 280 Å². The Morgan fingerprint density at radius 3 is 2.45 bits per heavy atom. The minimum absolute atomic E-state index is 0.0210. The van der Waals surface area contributed by atoms with Gasteiger partial charge in [-0.2, -0.15) is 0 Å². The van der Waals surface area contributed by atoms with Crippen LogP contribution in [0.5, 0.6) is 17.2 Å². The highest BCUT2D eigenvalue weighted by Gasteiger charge is 2.17. The zero-order valence-electron chi connectivity index (χ0n) is 25.9. The molecule has 47 heavy (non-hydrogen) atoms. The topological polar surface area (TPSA) is 128 Å². The Bertz CT molecular complexity index is 1930. The minimum Gasteiger partial charge on any atom is -0.494 e. The number of hydrogen-bond acceptors (Lipinski definition) is 9. The van der Waals surface area contributed by atoms with Crippen molar-refractivity contribution in [2.24, 2.45) is 0 Å². The van der Waals surface area contributed by atoms with Crippen LogP contribution in [0.15, 0.2) is 102 Å². The van der Waals surface area contributed by atoms with Crippen LogP contribution >= 0.6 is 23.1 Å². The number of aromatic nitrogens is 1. The van der Waals surface area contributed by atoms with Crippen molar-refractivity contribution >= 4 is 67.9 Å². The van der Waals surface area contributed by atoms with Gasteiger partial charge in [0.05, 0.1) is 36.8 Å². The molecule has 0 radical (unpaired) electrons. The van der Waals surface area contributed by atoms with Gasteiger partial charge in [-0.1, -0.05) is 41.7 Å². The van der Waals surface area contributed by atoms with E-state index >= 15 is 0 Å². The molecule has 0 aliphatic rings. The average Bonchev–Trinajstić information content (AvgIpc) is 3.49. The summed E-state index contributed by atoms with van der Waals surface area (Å²) in [7, 11) is 3.05. The number of carbonyl (C=O) groups excluding carboxylic acids is 3. The number of hydrogen-bond donors (Lipinski definition) is 3. The zero-order chi connectivity index (χ0) is 33.2. The van der Waals surface area contributed by atoms with Gasteiger partial charge in [-0.15, -0.1) is 11.8 Å². The number of thioether (sulfide) groups is 1. The monoisotopic (exact) mass is 668 g/mol. The van der Waals surface area contributed by atoms with Crippen molar-refractivity contribution in [2.75, 3.05) is 37.2 Å². The molecule has 0 unspecified atom stereocenters. The Morgan fingerprint density at radius 1 is 0.872 bits per heavy atom. The number of methoxy groups -OCH3 is 2. The van der Waals surface area contributed by atoms with Crippen LogP contribution in [0.2, 0.25) is 0 Å². The number of anilines is 2. The molecule has 0 saturated carbocycles. The van der Waals surface area contributed by atoms with E-state index in [0.29, 0.717) is 40.1 Å². The quantitative estimate of drug-likeness (QED) is 0.0918. The largest absolute Gasteiger partial charge is 0.494 e. The first-order valence-corrected chi connectivity index (χ1v) is 16.3. The summed E-state index contributed by atoms with van der Waals surface area (Å²) in [6.07, 6.45) is 1.56. The van der Waals surface area contributed by atoms with E-state index in [2.05, 4.69) is 20.9 Å². The van der Waals surface area contributed by atoms with E-state index < -0.39 is 11.8 Å². The van der Waals surface area contributed by atoms with Crippen LogP contribution in [0.4, 0.5) is 10.8 Å². The minimum atomic E-state index is -0.535. The summed E-state index contributed by atoms with van der Waals surface area (Å²) in [4.78, 5) is 44.6. The molecule has 5 rings (SSSR count). The molecule has 12 heteroatoms. The first-order chi connectivity index (χ1) is 22.8. The Kier molecular flexibility index (Phi) is 11.1. The van der Waals surface area contributed by atoms with Gasteiger partial charge < -0.3 is 30.2 Å². The lowest BCUT2D eigenvalue weighted by Crippen LogP contribution is -2.30. The number of amides is 3. The highest BCUT2D eigenvalue weighted by atomic mass is 32.2. The van der Waals surface area contributed by atoms with Crippen LogP contribution in [0.25, 0.3) is 16.3 Å². The second-order valence-corrected chi connectivity index (χ2v) is 12.0.